The van der Waals surface area contributed by atoms with Gasteiger partial charge in [0.1, 0.15) is 0 Å². The van der Waals surface area contributed by atoms with Gasteiger partial charge in [0.15, 0.2) is 0 Å². The number of fused-ring (bicyclic) bond motifs is 1. The lowest BCUT2D eigenvalue weighted by Crippen LogP contribution is -2.33. The molecule has 3 rings (SSSR count). The molecule has 1 aromatic heterocycles. The van der Waals surface area contributed by atoms with Gasteiger partial charge < -0.3 is 10.3 Å². The van der Waals surface area contributed by atoms with Crippen LogP contribution in [0.5, 0.6) is 0 Å². The zero-order valence-electron chi connectivity index (χ0n) is 12.6. The zero-order valence-corrected chi connectivity index (χ0v) is 12.6. The number of hydrogen-bond acceptors (Lipinski definition) is 3. The number of hydrogen-bond donors (Lipinski definition) is 2. The van der Waals surface area contributed by atoms with E-state index >= 15 is 0 Å². The van der Waals surface area contributed by atoms with E-state index in [0.29, 0.717) is 22.2 Å². The maximum Gasteiger partial charge on any atom is 0.333 e. The number of aromatic amines is 1. The number of terminal acetylenes is 1. The fourth-order valence-electron chi connectivity index (χ4n) is 2.40. The normalized spacial score (nSPS) is 10.3. The number of carbonyl (C=O) groups is 1. The summed E-state index contributed by atoms with van der Waals surface area (Å²) in [6.45, 7) is 0.100. The van der Waals surface area contributed by atoms with Gasteiger partial charge in [0.05, 0.1) is 23.1 Å². The van der Waals surface area contributed by atoms with Gasteiger partial charge in [-0.05, 0) is 30.3 Å². The molecule has 0 aliphatic rings. The lowest BCUT2D eigenvalue weighted by atomic mass is 10.1. The van der Waals surface area contributed by atoms with Crippen LogP contribution in [-0.2, 0) is 0 Å². The van der Waals surface area contributed by atoms with Crippen LogP contribution < -0.4 is 16.6 Å². The molecule has 0 spiro atoms. The van der Waals surface area contributed by atoms with Gasteiger partial charge >= 0.3 is 5.69 Å². The number of benzene rings is 2. The Balaban J connectivity index is 2.15. The molecule has 118 valence electrons. The minimum absolute atomic E-state index is 0.100. The van der Waals surface area contributed by atoms with E-state index in [0.717, 1.165) is 4.57 Å². The van der Waals surface area contributed by atoms with Gasteiger partial charge in [0.25, 0.3) is 11.5 Å². The number of nitrogens with one attached hydrogen (secondary N) is 2. The molecule has 6 heteroatoms. The van der Waals surface area contributed by atoms with Crippen molar-refractivity contribution in [2.75, 3.05) is 6.54 Å². The predicted molar refractivity (Wildman–Crippen MR) is 91.3 cm³/mol. The van der Waals surface area contributed by atoms with Crippen molar-refractivity contribution in [3.63, 3.8) is 0 Å². The molecular formula is C18H13N3O3. The minimum atomic E-state index is -0.570. The standard InChI is InChI=1S/C18H13N3O3/c1-2-10-19-16(22)12-8-9-14-15(11-12)20-18(24)21(17(14)23)13-6-4-3-5-7-13/h1,3-9,11H,10H2,(H,19,22)(H,20,24). The van der Waals surface area contributed by atoms with Crippen molar-refractivity contribution in [3.8, 4) is 18.0 Å². The molecule has 0 unspecified atom stereocenters. The largest absolute Gasteiger partial charge is 0.341 e. The Morgan fingerprint density at radius 3 is 2.62 bits per heavy atom. The lowest BCUT2D eigenvalue weighted by molar-refractivity contribution is 0.0959. The van der Waals surface area contributed by atoms with Crippen LogP contribution in [-0.4, -0.2) is 22.0 Å². The molecule has 1 amide bonds. The van der Waals surface area contributed by atoms with E-state index in [9.17, 15) is 14.4 Å². The van der Waals surface area contributed by atoms with Crippen LogP contribution in [0.25, 0.3) is 16.6 Å². The third kappa shape index (κ3) is 2.71. The van der Waals surface area contributed by atoms with Gasteiger partial charge in [-0.15, -0.1) is 6.42 Å². The molecule has 6 nitrogen and oxygen atoms in total. The molecule has 0 aliphatic heterocycles. The Kier molecular flexibility index (Phi) is 4.00. The number of H-pyrrole nitrogens is 1. The van der Waals surface area contributed by atoms with Crippen molar-refractivity contribution in [2.45, 2.75) is 0 Å². The van der Waals surface area contributed by atoms with Gasteiger partial charge in [-0.25, -0.2) is 9.36 Å². The average molecular weight is 319 g/mol. The number of para-hydroxylation sites is 1. The second kappa shape index (κ2) is 6.26. The summed E-state index contributed by atoms with van der Waals surface area (Å²) in [7, 11) is 0. The first-order valence-corrected chi connectivity index (χ1v) is 7.18. The smallest absolute Gasteiger partial charge is 0.333 e. The van der Waals surface area contributed by atoms with Gasteiger partial charge in [0, 0.05) is 5.56 Å². The Bertz CT molecular complexity index is 1070. The van der Waals surface area contributed by atoms with Crippen molar-refractivity contribution < 1.29 is 4.79 Å². The summed E-state index contributed by atoms with van der Waals surface area (Å²) in [4.78, 5) is 39.5. The number of carbonyl (C=O) groups excluding carboxylic acids is 1. The summed E-state index contributed by atoms with van der Waals surface area (Å²) < 4.78 is 1.06. The summed E-state index contributed by atoms with van der Waals surface area (Å²) in [6.07, 6.45) is 5.10. The van der Waals surface area contributed by atoms with Gasteiger partial charge in [-0.1, -0.05) is 24.1 Å². The fourth-order valence-corrected chi connectivity index (χ4v) is 2.40. The van der Waals surface area contributed by atoms with Crippen molar-refractivity contribution in [3.05, 3.63) is 74.9 Å². The molecule has 24 heavy (non-hydrogen) atoms. The van der Waals surface area contributed by atoms with Crippen molar-refractivity contribution in [2.24, 2.45) is 0 Å². The van der Waals surface area contributed by atoms with Crippen LogP contribution in [0.4, 0.5) is 0 Å². The molecule has 2 aromatic carbocycles. The fraction of sp³-hybridized carbons (Fsp3) is 0.0556. The summed E-state index contributed by atoms with van der Waals surface area (Å²) in [6, 6.07) is 13.1. The van der Waals surface area contributed by atoms with E-state index in [-0.39, 0.29) is 12.5 Å². The first kappa shape index (κ1) is 15.3. The quantitative estimate of drug-likeness (QED) is 0.708. The molecule has 0 saturated heterocycles. The third-order valence-corrected chi connectivity index (χ3v) is 3.53. The van der Waals surface area contributed by atoms with Crippen LogP contribution in [0, 0.1) is 12.3 Å². The van der Waals surface area contributed by atoms with Crippen LogP contribution in [0.3, 0.4) is 0 Å². The van der Waals surface area contributed by atoms with Crippen molar-refractivity contribution in [1.29, 1.82) is 0 Å². The van der Waals surface area contributed by atoms with Crippen LogP contribution in [0.1, 0.15) is 10.4 Å². The topological polar surface area (TPSA) is 84.0 Å². The van der Waals surface area contributed by atoms with E-state index in [1.54, 1.807) is 30.3 Å². The van der Waals surface area contributed by atoms with E-state index < -0.39 is 11.2 Å². The van der Waals surface area contributed by atoms with Crippen molar-refractivity contribution in [1.82, 2.24) is 14.9 Å². The maximum absolute atomic E-state index is 12.6. The van der Waals surface area contributed by atoms with Gasteiger partial charge in [-0.2, -0.15) is 0 Å². The highest BCUT2D eigenvalue weighted by Crippen LogP contribution is 2.10. The number of rotatable bonds is 3. The molecule has 0 radical (unpaired) electrons. The molecule has 2 N–H and O–H groups in total. The van der Waals surface area contributed by atoms with Gasteiger partial charge in [0.2, 0.25) is 0 Å². The van der Waals surface area contributed by atoms with Crippen molar-refractivity contribution >= 4 is 16.8 Å². The van der Waals surface area contributed by atoms with E-state index in [2.05, 4.69) is 16.2 Å². The molecule has 0 bridgehead atoms. The molecule has 0 fully saturated rings. The molecule has 3 aromatic rings. The zero-order chi connectivity index (χ0) is 17.1. The van der Waals surface area contributed by atoms with Crippen LogP contribution in [0.2, 0.25) is 0 Å². The van der Waals surface area contributed by atoms with Gasteiger partial charge in [-0.3, -0.25) is 9.59 Å². The monoisotopic (exact) mass is 319 g/mol. The molecule has 0 saturated carbocycles. The van der Waals surface area contributed by atoms with Crippen LogP contribution in [0.15, 0.2) is 58.1 Å². The number of aromatic nitrogens is 2. The highest BCUT2D eigenvalue weighted by Gasteiger charge is 2.12. The van der Waals surface area contributed by atoms with E-state index in [1.807, 2.05) is 0 Å². The first-order chi connectivity index (χ1) is 11.6. The third-order valence-electron chi connectivity index (χ3n) is 3.53. The predicted octanol–water partition coefficient (Wildman–Crippen LogP) is 1.04. The Morgan fingerprint density at radius 1 is 1.17 bits per heavy atom. The molecule has 1 heterocycles. The number of nitrogens with zero attached hydrogens (tertiary/aromatic N) is 1. The summed E-state index contributed by atoms with van der Waals surface area (Å²) >= 11 is 0. The van der Waals surface area contributed by atoms with E-state index in [1.165, 1.54) is 18.2 Å². The Labute approximate surface area is 136 Å². The first-order valence-electron chi connectivity index (χ1n) is 7.18. The Hall–Kier alpha value is -3.59. The average Bonchev–Trinajstić information content (AvgIpc) is 2.60. The highest BCUT2D eigenvalue weighted by molar-refractivity contribution is 5.97. The minimum Gasteiger partial charge on any atom is -0.341 e. The molecule has 0 aliphatic carbocycles. The number of amides is 1. The second-order valence-electron chi connectivity index (χ2n) is 5.05. The Morgan fingerprint density at radius 2 is 1.92 bits per heavy atom. The molecule has 0 atom stereocenters. The summed E-state index contributed by atoms with van der Waals surface area (Å²) in [5.41, 5.74) is 0.0627. The SMILES string of the molecule is C#CCNC(=O)c1ccc2c(=O)n(-c3ccccc3)c(=O)[nH]c2c1. The highest BCUT2D eigenvalue weighted by atomic mass is 16.2. The summed E-state index contributed by atoms with van der Waals surface area (Å²) in [5, 5.41) is 2.84. The van der Waals surface area contributed by atoms with E-state index in [4.69, 9.17) is 6.42 Å². The van der Waals surface area contributed by atoms with Crippen LogP contribution >= 0.6 is 0 Å². The second-order valence-corrected chi connectivity index (χ2v) is 5.05. The lowest BCUT2D eigenvalue weighted by Gasteiger charge is -2.07. The maximum atomic E-state index is 12.6. The summed E-state index contributed by atoms with van der Waals surface area (Å²) in [5.74, 6) is 1.93. The molecular weight excluding hydrogens is 306 g/mol.